The monoisotopic (exact) mass is 493 g/mol. The van der Waals surface area contributed by atoms with Crippen LogP contribution in [0.25, 0.3) is 0 Å². The summed E-state index contributed by atoms with van der Waals surface area (Å²) in [5.74, 6) is -0.692. The van der Waals surface area contributed by atoms with Gasteiger partial charge >= 0.3 is 0 Å². The van der Waals surface area contributed by atoms with Crippen molar-refractivity contribution in [2.45, 2.75) is 17.7 Å². The van der Waals surface area contributed by atoms with Crippen molar-refractivity contribution in [1.82, 2.24) is 14.5 Å². The number of carbonyl (C=O) groups is 2. The summed E-state index contributed by atoms with van der Waals surface area (Å²) in [6, 6.07) is 25.7. The number of nitrogens with zero attached hydrogens (tertiary/aromatic N) is 2. The van der Waals surface area contributed by atoms with Crippen LogP contribution in [0, 0.1) is 0 Å². The summed E-state index contributed by atoms with van der Waals surface area (Å²) < 4.78 is 25.8. The Morgan fingerprint density at radius 2 is 1.31 bits per heavy atom. The highest BCUT2D eigenvalue weighted by Crippen LogP contribution is 2.15. The zero-order valence-corrected chi connectivity index (χ0v) is 20.9. The van der Waals surface area contributed by atoms with Crippen molar-refractivity contribution in [1.29, 1.82) is 0 Å². The van der Waals surface area contributed by atoms with Crippen molar-refractivity contribution in [3.8, 4) is 0 Å². The van der Waals surface area contributed by atoms with Crippen molar-refractivity contribution in [3.05, 3.63) is 102 Å². The third-order valence-corrected chi connectivity index (χ3v) is 7.47. The first-order chi connectivity index (χ1) is 16.8. The highest BCUT2D eigenvalue weighted by Gasteiger charge is 2.20. The lowest BCUT2D eigenvalue weighted by Gasteiger charge is -2.23. The van der Waals surface area contributed by atoms with Gasteiger partial charge in [-0.15, -0.1) is 0 Å². The number of hydrogen-bond acceptors (Lipinski definition) is 4. The Hall–Kier alpha value is -3.49. The minimum atomic E-state index is -3.67. The highest BCUT2D eigenvalue weighted by molar-refractivity contribution is 7.89. The zero-order valence-electron chi connectivity index (χ0n) is 20.1. The number of sulfonamides is 1. The molecule has 0 radical (unpaired) electrons. The van der Waals surface area contributed by atoms with Gasteiger partial charge in [0.05, 0.1) is 11.4 Å². The van der Waals surface area contributed by atoms with Gasteiger partial charge < -0.3 is 10.2 Å². The molecule has 7 nitrogen and oxygen atoms in total. The molecule has 2 amide bonds. The number of hydrogen-bond donors (Lipinski definition) is 1. The molecule has 0 heterocycles. The van der Waals surface area contributed by atoms with Gasteiger partial charge in [-0.3, -0.25) is 9.59 Å². The molecular weight excluding hydrogens is 462 g/mol. The van der Waals surface area contributed by atoms with Crippen molar-refractivity contribution >= 4 is 21.8 Å². The van der Waals surface area contributed by atoms with Crippen LogP contribution in [0.3, 0.4) is 0 Å². The molecule has 3 rings (SSSR count). The maximum Gasteiger partial charge on any atom is 0.251 e. The molecule has 0 saturated heterocycles. The van der Waals surface area contributed by atoms with Crippen LogP contribution in [0.2, 0.25) is 0 Å². The quantitative estimate of drug-likeness (QED) is 0.445. The van der Waals surface area contributed by atoms with Crippen LogP contribution < -0.4 is 5.32 Å². The minimum absolute atomic E-state index is 0.0221. The summed E-state index contributed by atoms with van der Waals surface area (Å²) in [7, 11) is -0.805. The molecule has 35 heavy (non-hydrogen) atoms. The molecule has 3 aromatic carbocycles. The smallest absolute Gasteiger partial charge is 0.251 e. The molecule has 0 aliphatic rings. The summed E-state index contributed by atoms with van der Waals surface area (Å²) in [6.07, 6.45) is 1.42. The van der Waals surface area contributed by atoms with E-state index in [9.17, 15) is 18.0 Å². The minimum Gasteiger partial charge on any atom is -0.343 e. The molecule has 0 fully saturated rings. The molecule has 0 aromatic heterocycles. The first-order valence-corrected chi connectivity index (χ1v) is 12.9. The third kappa shape index (κ3) is 7.50. The van der Waals surface area contributed by atoms with Crippen molar-refractivity contribution in [2.75, 3.05) is 33.7 Å². The SMILES string of the molecule is CN(C)S(=O)(=O)c1cccc(C(=O)NCC(=O)N(CCc2ccccc2)CCc2ccccc2)c1. The fraction of sp³-hybridized carbons (Fsp3) is 0.259. The average Bonchev–Trinajstić information content (AvgIpc) is 2.88. The molecule has 0 aliphatic carbocycles. The lowest BCUT2D eigenvalue weighted by molar-refractivity contribution is -0.130. The van der Waals surface area contributed by atoms with Gasteiger partial charge in [-0.05, 0) is 42.2 Å². The Morgan fingerprint density at radius 1 is 0.771 bits per heavy atom. The van der Waals surface area contributed by atoms with Crippen LogP contribution in [0.15, 0.2) is 89.8 Å². The number of carbonyl (C=O) groups excluding carboxylic acids is 2. The lowest BCUT2D eigenvalue weighted by atomic mass is 10.1. The molecule has 1 N–H and O–H groups in total. The summed E-state index contributed by atoms with van der Waals surface area (Å²) in [4.78, 5) is 27.5. The number of amides is 2. The van der Waals surface area contributed by atoms with E-state index in [1.165, 1.54) is 38.4 Å². The maximum atomic E-state index is 13.0. The zero-order chi connectivity index (χ0) is 25.3. The number of benzene rings is 3. The van der Waals surface area contributed by atoms with Gasteiger partial charge in [0.2, 0.25) is 15.9 Å². The van der Waals surface area contributed by atoms with Crippen molar-refractivity contribution in [3.63, 3.8) is 0 Å². The van der Waals surface area contributed by atoms with E-state index >= 15 is 0 Å². The molecule has 0 atom stereocenters. The Balaban J connectivity index is 1.65. The largest absolute Gasteiger partial charge is 0.343 e. The standard InChI is InChI=1S/C27H31N3O4S/c1-29(2)35(33,34)25-15-9-14-24(20-25)27(32)28-21-26(31)30(18-16-22-10-5-3-6-11-22)19-17-23-12-7-4-8-13-23/h3-15,20H,16-19,21H2,1-2H3,(H,28,32). The van der Waals surface area contributed by atoms with E-state index in [1.807, 2.05) is 60.7 Å². The van der Waals surface area contributed by atoms with E-state index < -0.39 is 15.9 Å². The van der Waals surface area contributed by atoms with Crippen LogP contribution in [-0.2, 0) is 27.7 Å². The molecule has 0 saturated carbocycles. The van der Waals surface area contributed by atoms with E-state index in [0.29, 0.717) is 25.9 Å². The second kappa shape index (κ2) is 12.3. The molecule has 3 aromatic rings. The van der Waals surface area contributed by atoms with Gasteiger partial charge in [-0.1, -0.05) is 66.7 Å². The summed E-state index contributed by atoms with van der Waals surface area (Å²) in [5, 5.41) is 2.64. The van der Waals surface area contributed by atoms with Gasteiger partial charge in [0.15, 0.2) is 0 Å². The average molecular weight is 494 g/mol. The van der Waals surface area contributed by atoms with Crippen molar-refractivity contribution < 1.29 is 18.0 Å². The fourth-order valence-corrected chi connectivity index (χ4v) is 4.51. The normalized spacial score (nSPS) is 11.3. The van der Waals surface area contributed by atoms with Crippen LogP contribution in [0.5, 0.6) is 0 Å². The summed E-state index contributed by atoms with van der Waals surface area (Å²) >= 11 is 0. The molecule has 0 spiro atoms. The topological polar surface area (TPSA) is 86.8 Å². The van der Waals surface area contributed by atoms with E-state index in [4.69, 9.17) is 0 Å². The van der Waals surface area contributed by atoms with Gasteiger partial charge in [-0.25, -0.2) is 12.7 Å². The maximum absolute atomic E-state index is 13.0. The molecule has 0 bridgehead atoms. The first-order valence-electron chi connectivity index (χ1n) is 11.4. The summed E-state index contributed by atoms with van der Waals surface area (Å²) in [6.45, 7) is 0.886. The number of rotatable bonds is 11. The van der Waals surface area contributed by atoms with Gasteiger partial charge in [0, 0.05) is 32.7 Å². The Morgan fingerprint density at radius 3 is 1.83 bits per heavy atom. The fourth-order valence-electron chi connectivity index (χ4n) is 3.56. The van der Waals surface area contributed by atoms with Crippen LogP contribution >= 0.6 is 0 Å². The highest BCUT2D eigenvalue weighted by atomic mass is 32.2. The summed E-state index contributed by atoms with van der Waals surface area (Å²) in [5.41, 5.74) is 2.45. The molecule has 0 aliphatic heterocycles. The van der Waals surface area contributed by atoms with E-state index in [0.717, 1.165) is 15.4 Å². The Kier molecular flexibility index (Phi) is 9.17. The Bertz CT molecular complexity index is 1190. The molecule has 184 valence electrons. The van der Waals surface area contributed by atoms with Crippen LogP contribution in [-0.4, -0.2) is 63.2 Å². The van der Waals surface area contributed by atoms with Crippen LogP contribution in [0.4, 0.5) is 0 Å². The molecule has 0 unspecified atom stereocenters. The lowest BCUT2D eigenvalue weighted by Crippen LogP contribution is -2.42. The second-order valence-electron chi connectivity index (χ2n) is 8.35. The van der Waals surface area contributed by atoms with Gasteiger partial charge in [-0.2, -0.15) is 0 Å². The number of nitrogens with one attached hydrogen (secondary N) is 1. The van der Waals surface area contributed by atoms with Crippen molar-refractivity contribution in [2.24, 2.45) is 0 Å². The van der Waals surface area contributed by atoms with Gasteiger partial charge in [0.1, 0.15) is 0 Å². The third-order valence-electron chi connectivity index (χ3n) is 5.65. The molecule has 8 heteroatoms. The van der Waals surface area contributed by atoms with Gasteiger partial charge in [0.25, 0.3) is 5.91 Å². The van der Waals surface area contributed by atoms with E-state index in [2.05, 4.69) is 5.32 Å². The van der Waals surface area contributed by atoms with E-state index in [1.54, 1.807) is 4.90 Å². The second-order valence-corrected chi connectivity index (χ2v) is 10.5. The molecular formula is C27H31N3O4S. The predicted octanol–water partition coefficient (Wildman–Crippen LogP) is 2.98. The Labute approximate surface area is 207 Å². The predicted molar refractivity (Wildman–Crippen MR) is 137 cm³/mol. The van der Waals surface area contributed by atoms with E-state index in [-0.39, 0.29) is 22.9 Å². The first kappa shape index (κ1) is 26.1. The van der Waals surface area contributed by atoms with Crippen LogP contribution in [0.1, 0.15) is 21.5 Å².